The van der Waals surface area contributed by atoms with E-state index in [0.29, 0.717) is 6.04 Å². The van der Waals surface area contributed by atoms with Crippen molar-refractivity contribution in [2.45, 2.75) is 13.0 Å². The number of nitrogens with one attached hydrogen (secondary N) is 1. The van der Waals surface area contributed by atoms with Crippen LogP contribution in [0, 0.1) is 6.92 Å². The second-order valence-electron chi connectivity index (χ2n) is 5.30. The minimum atomic E-state index is 0.348. The van der Waals surface area contributed by atoms with Crippen molar-refractivity contribution in [2.24, 2.45) is 0 Å². The van der Waals surface area contributed by atoms with Crippen LogP contribution >= 0.6 is 0 Å². The largest absolute Gasteiger partial charge is 0.377 e. The van der Waals surface area contributed by atoms with E-state index >= 15 is 0 Å². The van der Waals surface area contributed by atoms with Crippen LogP contribution in [0.4, 0.5) is 5.82 Å². The standard InChI is InChI=1S/C16H21N3O/c1-12-9-13-5-3-4-6-15(13)18-16(12)19-7-8-20-11-14(19)10-17-2/h3-6,9,14,17H,7-8,10-11H2,1-2H3. The molecule has 1 saturated heterocycles. The molecule has 20 heavy (non-hydrogen) atoms. The first-order valence-electron chi connectivity index (χ1n) is 7.15. The van der Waals surface area contributed by atoms with Gasteiger partial charge in [-0.15, -0.1) is 0 Å². The van der Waals surface area contributed by atoms with Gasteiger partial charge in [0.1, 0.15) is 5.82 Å². The molecule has 106 valence electrons. The minimum absolute atomic E-state index is 0.348. The van der Waals surface area contributed by atoms with Crippen LogP contribution in [0.15, 0.2) is 30.3 Å². The second-order valence-corrected chi connectivity index (χ2v) is 5.30. The molecule has 1 aliphatic heterocycles. The van der Waals surface area contributed by atoms with E-state index in [-0.39, 0.29) is 0 Å². The molecule has 1 aromatic heterocycles. The van der Waals surface area contributed by atoms with Gasteiger partial charge in [0, 0.05) is 18.5 Å². The van der Waals surface area contributed by atoms with Crippen molar-refractivity contribution in [1.29, 1.82) is 0 Å². The van der Waals surface area contributed by atoms with Gasteiger partial charge in [-0.2, -0.15) is 0 Å². The average Bonchev–Trinajstić information content (AvgIpc) is 2.48. The van der Waals surface area contributed by atoms with E-state index in [2.05, 4.69) is 41.4 Å². The Morgan fingerprint density at radius 1 is 1.40 bits per heavy atom. The van der Waals surface area contributed by atoms with Gasteiger partial charge in [-0.1, -0.05) is 18.2 Å². The fraction of sp³-hybridized carbons (Fsp3) is 0.438. The number of hydrogen-bond acceptors (Lipinski definition) is 4. The molecule has 0 bridgehead atoms. The van der Waals surface area contributed by atoms with Crippen LogP contribution in [0.3, 0.4) is 0 Å². The lowest BCUT2D eigenvalue weighted by molar-refractivity contribution is 0.0939. The van der Waals surface area contributed by atoms with E-state index in [4.69, 9.17) is 9.72 Å². The van der Waals surface area contributed by atoms with E-state index in [0.717, 1.165) is 37.6 Å². The third-order valence-electron chi connectivity index (χ3n) is 3.83. The molecular formula is C16H21N3O. The van der Waals surface area contributed by atoms with Crippen LogP contribution in [-0.4, -0.2) is 44.4 Å². The smallest absolute Gasteiger partial charge is 0.132 e. The predicted octanol–water partition coefficient (Wildman–Crippen LogP) is 1.97. The molecule has 0 radical (unpaired) electrons. The molecule has 0 saturated carbocycles. The zero-order chi connectivity index (χ0) is 13.9. The lowest BCUT2D eigenvalue weighted by atomic mass is 10.1. The van der Waals surface area contributed by atoms with Crippen molar-refractivity contribution < 1.29 is 4.74 Å². The summed E-state index contributed by atoms with van der Waals surface area (Å²) in [6.45, 7) is 5.48. The predicted molar refractivity (Wildman–Crippen MR) is 82.4 cm³/mol. The summed E-state index contributed by atoms with van der Waals surface area (Å²) in [7, 11) is 1.98. The van der Waals surface area contributed by atoms with Crippen molar-refractivity contribution in [3.8, 4) is 0 Å². The van der Waals surface area contributed by atoms with E-state index in [1.807, 2.05) is 13.1 Å². The first-order valence-corrected chi connectivity index (χ1v) is 7.15. The highest BCUT2D eigenvalue weighted by Crippen LogP contribution is 2.25. The van der Waals surface area contributed by atoms with Gasteiger partial charge in [-0.25, -0.2) is 4.98 Å². The lowest BCUT2D eigenvalue weighted by Crippen LogP contribution is -2.50. The molecule has 2 aromatic rings. The Hall–Kier alpha value is -1.65. The number of aryl methyl sites for hydroxylation is 1. The third kappa shape index (κ3) is 2.49. The van der Waals surface area contributed by atoms with Crippen molar-refractivity contribution in [1.82, 2.24) is 10.3 Å². The lowest BCUT2D eigenvalue weighted by Gasteiger charge is -2.37. The number of morpholine rings is 1. The number of nitrogens with zero attached hydrogens (tertiary/aromatic N) is 2. The highest BCUT2D eigenvalue weighted by atomic mass is 16.5. The normalized spacial score (nSPS) is 19.5. The molecule has 0 amide bonds. The average molecular weight is 271 g/mol. The maximum atomic E-state index is 5.60. The number of ether oxygens (including phenoxy) is 1. The maximum absolute atomic E-state index is 5.60. The molecule has 4 nitrogen and oxygen atoms in total. The van der Waals surface area contributed by atoms with Gasteiger partial charge in [-0.05, 0) is 31.7 Å². The highest BCUT2D eigenvalue weighted by Gasteiger charge is 2.25. The van der Waals surface area contributed by atoms with Crippen molar-refractivity contribution in [3.05, 3.63) is 35.9 Å². The Morgan fingerprint density at radius 3 is 3.10 bits per heavy atom. The molecule has 1 aliphatic rings. The summed E-state index contributed by atoms with van der Waals surface area (Å²) in [5, 5.41) is 4.45. The van der Waals surface area contributed by atoms with Gasteiger partial charge in [0.25, 0.3) is 0 Å². The van der Waals surface area contributed by atoms with Gasteiger partial charge in [0.15, 0.2) is 0 Å². The zero-order valence-electron chi connectivity index (χ0n) is 12.1. The van der Waals surface area contributed by atoms with Crippen LogP contribution < -0.4 is 10.2 Å². The topological polar surface area (TPSA) is 37.4 Å². The molecular weight excluding hydrogens is 250 g/mol. The molecule has 3 rings (SSSR count). The number of likely N-dealkylation sites (N-methyl/N-ethyl adjacent to an activating group) is 1. The number of para-hydroxylation sites is 1. The molecule has 0 aliphatic carbocycles. The SMILES string of the molecule is CNCC1COCCN1c1nc2ccccc2cc1C. The second kappa shape index (κ2) is 5.77. The number of benzene rings is 1. The van der Waals surface area contributed by atoms with E-state index < -0.39 is 0 Å². The van der Waals surface area contributed by atoms with Crippen LogP contribution in [0.2, 0.25) is 0 Å². The van der Waals surface area contributed by atoms with Crippen molar-refractivity contribution in [2.75, 3.05) is 38.3 Å². The number of anilines is 1. The number of hydrogen-bond donors (Lipinski definition) is 1. The van der Waals surface area contributed by atoms with Gasteiger partial charge in [0.05, 0.1) is 24.8 Å². The van der Waals surface area contributed by atoms with Gasteiger partial charge < -0.3 is 15.0 Å². The summed E-state index contributed by atoms with van der Waals surface area (Å²) in [5.41, 5.74) is 2.29. The van der Waals surface area contributed by atoms with Gasteiger partial charge in [-0.3, -0.25) is 0 Å². The highest BCUT2D eigenvalue weighted by molar-refractivity contribution is 5.81. The molecule has 1 N–H and O–H groups in total. The zero-order valence-corrected chi connectivity index (χ0v) is 12.1. The van der Waals surface area contributed by atoms with E-state index in [1.54, 1.807) is 0 Å². The summed E-state index contributed by atoms with van der Waals surface area (Å²) in [4.78, 5) is 7.25. The van der Waals surface area contributed by atoms with Crippen molar-refractivity contribution >= 4 is 16.7 Å². The molecule has 1 aromatic carbocycles. The van der Waals surface area contributed by atoms with Crippen LogP contribution in [0.25, 0.3) is 10.9 Å². The number of fused-ring (bicyclic) bond motifs is 1. The summed E-state index contributed by atoms with van der Waals surface area (Å²) in [6.07, 6.45) is 0. The van der Waals surface area contributed by atoms with E-state index in [9.17, 15) is 0 Å². The number of rotatable bonds is 3. The number of aromatic nitrogens is 1. The van der Waals surface area contributed by atoms with Gasteiger partial charge in [0.2, 0.25) is 0 Å². The summed E-state index contributed by atoms with van der Waals surface area (Å²) >= 11 is 0. The Balaban J connectivity index is 2.00. The Kier molecular flexibility index (Phi) is 3.85. The Labute approximate surface area is 119 Å². The molecule has 0 spiro atoms. The summed E-state index contributed by atoms with van der Waals surface area (Å²) in [6, 6.07) is 10.9. The molecule has 1 atom stereocenters. The van der Waals surface area contributed by atoms with Crippen LogP contribution in [-0.2, 0) is 4.74 Å². The summed E-state index contributed by atoms with van der Waals surface area (Å²) < 4.78 is 5.60. The number of pyridine rings is 1. The van der Waals surface area contributed by atoms with Crippen LogP contribution in [0.1, 0.15) is 5.56 Å². The van der Waals surface area contributed by atoms with E-state index in [1.165, 1.54) is 10.9 Å². The molecule has 2 heterocycles. The Bertz CT molecular complexity index is 597. The summed E-state index contributed by atoms with van der Waals surface area (Å²) in [5.74, 6) is 1.09. The molecule has 1 fully saturated rings. The maximum Gasteiger partial charge on any atom is 0.132 e. The monoisotopic (exact) mass is 271 g/mol. The fourth-order valence-corrected chi connectivity index (χ4v) is 2.84. The molecule has 1 unspecified atom stereocenters. The quantitative estimate of drug-likeness (QED) is 0.926. The molecule has 4 heteroatoms. The third-order valence-corrected chi connectivity index (χ3v) is 3.83. The Morgan fingerprint density at radius 2 is 2.25 bits per heavy atom. The first-order chi connectivity index (χ1) is 9.79. The minimum Gasteiger partial charge on any atom is -0.377 e. The van der Waals surface area contributed by atoms with Crippen molar-refractivity contribution in [3.63, 3.8) is 0 Å². The first kappa shape index (κ1) is 13.3. The van der Waals surface area contributed by atoms with Gasteiger partial charge >= 0.3 is 0 Å². The fourth-order valence-electron chi connectivity index (χ4n) is 2.84. The van der Waals surface area contributed by atoms with Crippen LogP contribution in [0.5, 0.6) is 0 Å².